The van der Waals surface area contributed by atoms with Gasteiger partial charge in [0.05, 0.1) is 17.5 Å². The molecular formula is C15H14N4O. The standard InChI is InChI=1S/C15H14N4O/c20-15(17-9-11-6-7-16-8-11)13-10-18-19-14(13)12-4-2-1-3-5-12/h1-8,10,16H,9H2,(H,17,20)(H,18,19). The Morgan fingerprint density at radius 1 is 1.20 bits per heavy atom. The number of H-pyrrole nitrogens is 2. The van der Waals surface area contributed by atoms with Gasteiger partial charge in [0.25, 0.3) is 5.91 Å². The Morgan fingerprint density at radius 3 is 2.80 bits per heavy atom. The van der Waals surface area contributed by atoms with Crippen molar-refractivity contribution >= 4 is 5.91 Å². The van der Waals surface area contributed by atoms with E-state index in [0.29, 0.717) is 12.1 Å². The van der Waals surface area contributed by atoms with Gasteiger partial charge in [0.15, 0.2) is 0 Å². The predicted molar refractivity (Wildman–Crippen MR) is 76.0 cm³/mol. The molecule has 0 atom stereocenters. The zero-order valence-corrected chi connectivity index (χ0v) is 10.8. The van der Waals surface area contributed by atoms with E-state index >= 15 is 0 Å². The van der Waals surface area contributed by atoms with Crippen LogP contribution in [0.2, 0.25) is 0 Å². The van der Waals surface area contributed by atoms with Crippen molar-refractivity contribution in [2.24, 2.45) is 0 Å². The maximum absolute atomic E-state index is 12.2. The molecule has 0 fully saturated rings. The number of aromatic amines is 2. The van der Waals surface area contributed by atoms with Gasteiger partial charge in [-0.3, -0.25) is 9.89 Å². The molecule has 0 saturated heterocycles. The van der Waals surface area contributed by atoms with E-state index in [1.807, 2.05) is 48.8 Å². The molecule has 0 aliphatic heterocycles. The first-order valence-corrected chi connectivity index (χ1v) is 6.33. The molecule has 0 aliphatic carbocycles. The Hall–Kier alpha value is -2.82. The lowest BCUT2D eigenvalue weighted by Crippen LogP contribution is -2.22. The van der Waals surface area contributed by atoms with Gasteiger partial charge in [-0.25, -0.2) is 0 Å². The highest BCUT2D eigenvalue weighted by Crippen LogP contribution is 2.20. The van der Waals surface area contributed by atoms with Crippen molar-refractivity contribution in [3.05, 3.63) is 66.1 Å². The van der Waals surface area contributed by atoms with Gasteiger partial charge in [-0.15, -0.1) is 0 Å². The molecule has 5 nitrogen and oxygen atoms in total. The van der Waals surface area contributed by atoms with Crippen LogP contribution in [-0.4, -0.2) is 21.1 Å². The maximum Gasteiger partial charge on any atom is 0.255 e. The fraction of sp³-hybridized carbons (Fsp3) is 0.0667. The van der Waals surface area contributed by atoms with E-state index in [2.05, 4.69) is 20.5 Å². The minimum Gasteiger partial charge on any atom is -0.367 e. The van der Waals surface area contributed by atoms with Crippen molar-refractivity contribution in [2.45, 2.75) is 6.54 Å². The highest BCUT2D eigenvalue weighted by atomic mass is 16.1. The van der Waals surface area contributed by atoms with E-state index in [-0.39, 0.29) is 5.91 Å². The van der Waals surface area contributed by atoms with Crippen molar-refractivity contribution < 1.29 is 4.79 Å². The second kappa shape index (κ2) is 5.44. The van der Waals surface area contributed by atoms with Crippen LogP contribution in [0.1, 0.15) is 15.9 Å². The van der Waals surface area contributed by atoms with E-state index < -0.39 is 0 Å². The first-order chi connectivity index (χ1) is 9.84. The van der Waals surface area contributed by atoms with Crippen molar-refractivity contribution in [3.63, 3.8) is 0 Å². The van der Waals surface area contributed by atoms with E-state index in [9.17, 15) is 4.79 Å². The minimum atomic E-state index is -0.140. The van der Waals surface area contributed by atoms with Crippen LogP contribution in [-0.2, 0) is 6.54 Å². The lowest BCUT2D eigenvalue weighted by Gasteiger charge is -2.04. The van der Waals surface area contributed by atoms with Gasteiger partial charge in [-0.1, -0.05) is 30.3 Å². The van der Waals surface area contributed by atoms with E-state index in [1.54, 1.807) is 6.20 Å². The zero-order chi connectivity index (χ0) is 13.8. The van der Waals surface area contributed by atoms with Crippen molar-refractivity contribution in [1.82, 2.24) is 20.5 Å². The van der Waals surface area contributed by atoms with Crippen LogP contribution in [0.15, 0.2) is 55.0 Å². The van der Waals surface area contributed by atoms with Gasteiger partial charge in [-0.2, -0.15) is 5.10 Å². The number of nitrogens with zero attached hydrogens (tertiary/aromatic N) is 1. The van der Waals surface area contributed by atoms with E-state index in [0.717, 1.165) is 16.8 Å². The third-order valence-corrected chi connectivity index (χ3v) is 3.06. The van der Waals surface area contributed by atoms with Gasteiger partial charge in [0.1, 0.15) is 0 Å². The number of amides is 1. The van der Waals surface area contributed by atoms with Crippen LogP contribution in [0.25, 0.3) is 11.3 Å². The minimum absolute atomic E-state index is 0.140. The summed E-state index contributed by atoms with van der Waals surface area (Å²) in [6, 6.07) is 11.6. The SMILES string of the molecule is O=C(NCc1cc[nH]c1)c1cn[nH]c1-c1ccccc1. The molecule has 0 spiro atoms. The summed E-state index contributed by atoms with van der Waals surface area (Å²) < 4.78 is 0. The van der Waals surface area contributed by atoms with Crippen LogP contribution >= 0.6 is 0 Å². The monoisotopic (exact) mass is 266 g/mol. The number of aromatic nitrogens is 3. The third-order valence-electron chi connectivity index (χ3n) is 3.06. The topological polar surface area (TPSA) is 73.6 Å². The Bertz CT molecular complexity index is 686. The summed E-state index contributed by atoms with van der Waals surface area (Å²) >= 11 is 0. The lowest BCUT2D eigenvalue weighted by molar-refractivity contribution is 0.0951. The third kappa shape index (κ3) is 2.47. The number of rotatable bonds is 4. The Labute approximate surface area is 116 Å². The number of carbonyl (C=O) groups excluding carboxylic acids is 1. The van der Waals surface area contributed by atoms with Crippen LogP contribution in [0, 0.1) is 0 Å². The molecule has 2 aromatic heterocycles. The molecule has 2 heterocycles. The Balaban J connectivity index is 1.77. The molecule has 3 N–H and O–H groups in total. The summed E-state index contributed by atoms with van der Waals surface area (Å²) in [4.78, 5) is 15.2. The lowest BCUT2D eigenvalue weighted by atomic mass is 10.1. The summed E-state index contributed by atoms with van der Waals surface area (Å²) in [5.74, 6) is -0.140. The summed E-state index contributed by atoms with van der Waals surface area (Å²) in [5, 5.41) is 9.73. The molecule has 0 unspecified atom stereocenters. The van der Waals surface area contributed by atoms with Gasteiger partial charge in [-0.05, 0) is 11.6 Å². The highest BCUT2D eigenvalue weighted by molar-refractivity contribution is 5.99. The van der Waals surface area contributed by atoms with Gasteiger partial charge < -0.3 is 10.3 Å². The summed E-state index contributed by atoms with van der Waals surface area (Å²) in [7, 11) is 0. The van der Waals surface area contributed by atoms with Crippen LogP contribution in [0.5, 0.6) is 0 Å². The first-order valence-electron chi connectivity index (χ1n) is 6.33. The van der Waals surface area contributed by atoms with Crippen LogP contribution in [0.3, 0.4) is 0 Å². The molecule has 100 valence electrons. The van der Waals surface area contributed by atoms with E-state index in [4.69, 9.17) is 0 Å². The second-order valence-electron chi connectivity index (χ2n) is 4.43. The molecule has 0 bridgehead atoms. The summed E-state index contributed by atoms with van der Waals surface area (Å²) in [6.07, 6.45) is 5.23. The highest BCUT2D eigenvalue weighted by Gasteiger charge is 2.14. The Kier molecular flexibility index (Phi) is 3.33. The Morgan fingerprint density at radius 2 is 2.05 bits per heavy atom. The smallest absolute Gasteiger partial charge is 0.255 e. The molecule has 1 amide bonds. The normalized spacial score (nSPS) is 10.4. The van der Waals surface area contributed by atoms with Crippen molar-refractivity contribution in [2.75, 3.05) is 0 Å². The number of benzene rings is 1. The molecule has 0 saturated carbocycles. The molecule has 1 aromatic carbocycles. The van der Waals surface area contributed by atoms with Crippen molar-refractivity contribution in [1.29, 1.82) is 0 Å². The zero-order valence-electron chi connectivity index (χ0n) is 10.8. The average molecular weight is 266 g/mol. The quantitative estimate of drug-likeness (QED) is 0.678. The summed E-state index contributed by atoms with van der Waals surface area (Å²) in [6.45, 7) is 0.488. The number of hydrogen-bond donors (Lipinski definition) is 3. The molecule has 3 rings (SSSR count). The maximum atomic E-state index is 12.2. The number of nitrogens with one attached hydrogen (secondary N) is 3. The van der Waals surface area contributed by atoms with Gasteiger partial charge in [0, 0.05) is 24.5 Å². The second-order valence-corrected chi connectivity index (χ2v) is 4.43. The number of hydrogen-bond acceptors (Lipinski definition) is 2. The fourth-order valence-corrected chi connectivity index (χ4v) is 2.03. The number of carbonyl (C=O) groups is 1. The van der Waals surface area contributed by atoms with Crippen LogP contribution < -0.4 is 5.32 Å². The van der Waals surface area contributed by atoms with E-state index in [1.165, 1.54) is 0 Å². The average Bonchev–Trinajstić information content (AvgIpc) is 3.17. The molecule has 0 aliphatic rings. The van der Waals surface area contributed by atoms with Gasteiger partial charge in [0.2, 0.25) is 0 Å². The predicted octanol–water partition coefficient (Wildman–Crippen LogP) is 2.33. The van der Waals surface area contributed by atoms with Gasteiger partial charge >= 0.3 is 0 Å². The fourth-order valence-electron chi connectivity index (χ4n) is 2.03. The molecule has 20 heavy (non-hydrogen) atoms. The molecule has 0 radical (unpaired) electrons. The molecule has 3 aromatic rings. The first kappa shape index (κ1) is 12.2. The molecule has 5 heteroatoms. The van der Waals surface area contributed by atoms with Crippen molar-refractivity contribution in [3.8, 4) is 11.3 Å². The summed E-state index contributed by atoms with van der Waals surface area (Å²) in [5.41, 5.74) is 3.25. The molecular weight excluding hydrogens is 252 g/mol. The van der Waals surface area contributed by atoms with Crippen LogP contribution in [0.4, 0.5) is 0 Å². The largest absolute Gasteiger partial charge is 0.367 e.